The summed E-state index contributed by atoms with van der Waals surface area (Å²) in [5.41, 5.74) is 0.377. The number of rotatable bonds is 2. The van der Waals surface area contributed by atoms with Crippen LogP contribution in [0, 0.1) is 15.9 Å². The molecule has 8 heteroatoms. The van der Waals surface area contributed by atoms with Crippen molar-refractivity contribution in [2.75, 3.05) is 0 Å². The molecule has 0 aliphatic heterocycles. The van der Waals surface area contributed by atoms with E-state index >= 15 is 0 Å². The van der Waals surface area contributed by atoms with E-state index < -0.39 is 21.0 Å². The molecule has 18 heavy (non-hydrogen) atoms. The first kappa shape index (κ1) is 12.7. The molecule has 5 nitrogen and oxygen atoms in total. The first-order chi connectivity index (χ1) is 8.49. The van der Waals surface area contributed by atoms with Crippen LogP contribution in [0.2, 0.25) is 10.3 Å². The first-order valence-electron chi connectivity index (χ1n) is 4.62. The lowest BCUT2D eigenvalue weighted by Crippen LogP contribution is -1.95. The van der Waals surface area contributed by atoms with Gasteiger partial charge < -0.3 is 0 Å². The maximum Gasteiger partial charge on any atom is 0.269 e. The van der Waals surface area contributed by atoms with E-state index in [0.717, 1.165) is 0 Å². The molecule has 0 spiro atoms. The minimum absolute atomic E-state index is 0.0712. The summed E-state index contributed by atoms with van der Waals surface area (Å²) in [4.78, 5) is 17.4. The lowest BCUT2D eigenvalue weighted by molar-refractivity contribution is -0.384. The number of nitro groups is 1. The Balaban J connectivity index is 2.46. The van der Waals surface area contributed by atoms with Crippen molar-refractivity contribution >= 4 is 28.9 Å². The zero-order valence-corrected chi connectivity index (χ0v) is 10.1. The third-order valence-electron chi connectivity index (χ3n) is 2.11. The van der Waals surface area contributed by atoms with Crippen molar-refractivity contribution in [3.05, 3.63) is 50.5 Å². The average molecular weight is 288 g/mol. The zero-order chi connectivity index (χ0) is 13.3. The van der Waals surface area contributed by atoms with Crippen LogP contribution < -0.4 is 0 Å². The Bertz CT molecular complexity index is 596. The summed E-state index contributed by atoms with van der Waals surface area (Å²) in [6, 6.07) is 5.42. The molecule has 0 bridgehead atoms. The van der Waals surface area contributed by atoms with Gasteiger partial charge in [0.05, 0.1) is 4.92 Å². The van der Waals surface area contributed by atoms with Crippen molar-refractivity contribution in [2.24, 2.45) is 0 Å². The highest BCUT2D eigenvalue weighted by Crippen LogP contribution is 2.25. The summed E-state index contributed by atoms with van der Waals surface area (Å²) in [5, 5.41) is 9.68. The maximum atomic E-state index is 13.1. The molecule has 0 unspecified atom stereocenters. The molecule has 0 saturated heterocycles. The molecule has 0 fully saturated rings. The van der Waals surface area contributed by atoms with Crippen molar-refractivity contribution in [2.45, 2.75) is 0 Å². The molecule has 1 heterocycles. The maximum absolute atomic E-state index is 13.1. The van der Waals surface area contributed by atoms with Gasteiger partial charge in [0.2, 0.25) is 0 Å². The van der Waals surface area contributed by atoms with Crippen LogP contribution in [-0.2, 0) is 0 Å². The summed E-state index contributed by atoms with van der Waals surface area (Å²) in [6.45, 7) is 0. The van der Waals surface area contributed by atoms with Gasteiger partial charge in [0, 0.05) is 17.7 Å². The third-order valence-corrected chi connectivity index (χ3v) is 2.61. The van der Waals surface area contributed by atoms with E-state index in [4.69, 9.17) is 23.2 Å². The van der Waals surface area contributed by atoms with Gasteiger partial charge in [0.1, 0.15) is 0 Å². The van der Waals surface area contributed by atoms with E-state index in [1.807, 2.05) is 0 Å². The van der Waals surface area contributed by atoms with E-state index in [1.165, 1.54) is 24.3 Å². The number of nitrogens with zero attached hydrogens (tertiary/aromatic N) is 3. The molecule has 0 atom stereocenters. The molecule has 0 aliphatic carbocycles. The Hall–Kier alpha value is -1.79. The largest absolute Gasteiger partial charge is 0.269 e. The number of benzene rings is 1. The van der Waals surface area contributed by atoms with Crippen molar-refractivity contribution < 1.29 is 9.31 Å². The second-order valence-corrected chi connectivity index (χ2v) is 3.96. The van der Waals surface area contributed by atoms with Crippen LogP contribution in [0.25, 0.3) is 11.4 Å². The molecule has 2 aromatic rings. The van der Waals surface area contributed by atoms with E-state index in [0.29, 0.717) is 5.56 Å². The summed E-state index contributed by atoms with van der Waals surface area (Å²) in [5.74, 6) is -0.801. The molecule has 0 saturated carbocycles. The monoisotopic (exact) mass is 287 g/mol. The number of halogens is 3. The Kier molecular flexibility index (Phi) is 3.40. The normalized spacial score (nSPS) is 10.4. The van der Waals surface area contributed by atoms with Crippen LogP contribution in [0.5, 0.6) is 0 Å². The number of aromatic nitrogens is 2. The fourth-order valence-corrected chi connectivity index (χ4v) is 1.64. The fraction of sp³-hybridized carbons (Fsp3) is 0. The van der Waals surface area contributed by atoms with E-state index in [2.05, 4.69) is 9.97 Å². The van der Waals surface area contributed by atoms with Gasteiger partial charge in [-0.3, -0.25) is 10.1 Å². The standard InChI is InChI=1S/C10H4Cl2FN3O2/c11-8-7(13)9(12)15-10(14-8)5-1-3-6(4-2-5)16(17)18/h1-4H. The lowest BCUT2D eigenvalue weighted by Gasteiger charge is -2.02. The van der Waals surface area contributed by atoms with Crippen molar-refractivity contribution in [3.8, 4) is 11.4 Å². The second kappa shape index (κ2) is 4.83. The Morgan fingerprint density at radius 3 is 2.06 bits per heavy atom. The highest BCUT2D eigenvalue weighted by atomic mass is 35.5. The van der Waals surface area contributed by atoms with Gasteiger partial charge in [-0.15, -0.1) is 0 Å². The zero-order valence-electron chi connectivity index (χ0n) is 8.60. The number of non-ortho nitro benzene ring substituents is 1. The first-order valence-corrected chi connectivity index (χ1v) is 5.38. The van der Waals surface area contributed by atoms with E-state index in [1.54, 1.807) is 0 Å². The SMILES string of the molecule is O=[N+]([O-])c1ccc(-c2nc(Cl)c(F)c(Cl)n2)cc1. The molecule has 0 N–H and O–H groups in total. The van der Waals surface area contributed by atoms with Gasteiger partial charge in [-0.05, 0) is 12.1 Å². The van der Waals surface area contributed by atoms with E-state index in [-0.39, 0.29) is 11.5 Å². The Morgan fingerprint density at radius 1 is 1.11 bits per heavy atom. The Morgan fingerprint density at radius 2 is 1.61 bits per heavy atom. The smallest absolute Gasteiger partial charge is 0.258 e. The van der Waals surface area contributed by atoms with Gasteiger partial charge >= 0.3 is 0 Å². The van der Waals surface area contributed by atoms with E-state index in [9.17, 15) is 14.5 Å². The summed E-state index contributed by atoms with van der Waals surface area (Å²) >= 11 is 11.1. The lowest BCUT2D eigenvalue weighted by atomic mass is 10.2. The minimum Gasteiger partial charge on any atom is -0.258 e. The highest BCUT2D eigenvalue weighted by Gasteiger charge is 2.13. The van der Waals surface area contributed by atoms with Crippen LogP contribution >= 0.6 is 23.2 Å². The van der Waals surface area contributed by atoms with Crippen LogP contribution in [0.15, 0.2) is 24.3 Å². The van der Waals surface area contributed by atoms with Crippen LogP contribution in [0.3, 0.4) is 0 Å². The van der Waals surface area contributed by atoms with Crippen molar-refractivity contribution in [1.82, 2.24) is 9.97 Å². The van der Waals surface area contributed by atoms with Gasteiger partial charge in [-0.2, -0.15) is 0 Å². The predicted octanol–water partition coefficient (Wildman–Crippen LogP) is 3.50. The number of hydrogen-bond acceptors (Lipinski definition) is 4. The van der Waals surface area contributed by atoms with Crippen LogP contribution in [0.1, 0.15) is 0 Å². The molecule has 1 aromatic heterocycles. The van der Waals surface area contributed by atoms with Crippen molar-refractivity contribution in [1.29, 1.82) is 0 Å². The molecular formula is C10H4Cl2FN3O2. The quantitative estimate of drug-likeness (QED) is 0.482. The van der Waals surface area contributed by atoms with Gasteiger partial charge in [0.15, 0.2) is 21.9 Å². The Labute approximate surface area is 110 Å². The number of hydrogen-bond donors (Lipinski definition) is 0. The average Bonchev–Trinajstić information content (AvgIpc) is 2.35. The molecule has 2 rings (SSSR count). The van der Waals surface area contributed by atoms with Gasteiger partial charge in [-0.1, -0.05) is 23.2 Å². The predicted molar refractivity (Wildman–Crippen MR) is 64.1 cm³/mol. The molecule has 92 valence electrons. The second-order valence-electron chi connectivity index (χ2n) is 3.25. The topological polar surface area (TPSA) is 68.9 Å². The minimum atomic E-state index is -0.899. The molecule has 1 aromatic carbocycles. The molecule has 0 aliphatic rings. The summed E-state index contributed by atoms with van der Waals surface area (Å²) < 4.78 is 13.1. The van der Waals surface area contributed by atoms with Gasteiger partial charge in [0.25, 0.3) is 5.69 Å². The third kappa shape index (κ3) is 2.39. The van der Waals surface area contributed by atoms with Gasteiger partial charge in [-0.25, -0.2) is 14.4 Å². The van der Waals surface area contributed by atoms with Crippen LogP contribution in [-0.4, -0.2) is 14.9 Å². The molecular weight excluding hydrogens is 284 g/mol. The van der Waals surface area contributed by atoms with Crippen molar-refractivity contribution in [3.63, 3.8) is 0 Å². The van der Waals surface area contributed by atoms with Crippen LogP contribution in [0.4, 0.5) is 10.1 Å². The summed E-state index contributed by atoms with van der Waals surface area (Å²) in [6.07, 6.45) is 0. The molecule has 0 radical (unpaired) electrons. The summed E-state index contributed by atoms with van der Waals surface area (Å²) in [7, 11) is 0. The fourth-order valence-electron chi connectivity index (χ4n) is 1.26. The highest BCUT2D eigenvalue weighted by molar-refractivity contribution is 6.33. The number of nitro benzene ring substituents is 1. The molecule has 0 amide bonds.